The molecule has 5 nitrogen and oxygen atoms in total. The number of nitrogens with one attached hydrogen (secondary N) is 1. The van der Waals surface area contributed by atoms with Crippen molar-refractivity contribution >= 4 is 28.3 Å². The zero-order valence-corrected chi connectivity index (χ0v) is 12.4. The molecule has 0 saturated carbocycles. The van der Waals surface area contributed by atoms with Crippen LogP contribution in [0.15, 0.2) is 5.16 Å². The Labute approximate surface area is 115 Å². The maximum absolute atomic E-state index is 4.48. The predicted octanol–water partition coefficient (Wildman–Crippen LogP) is 2.59. The van der Waals surface area contributed by atoms with Crippen molar-refractivity contribution in [3.63, 3.8) is 0 Å². The van der Waals surface area contributed by atoms with Gasteiger partial charge in [-0.25, -0.2) is 9.97 Å². The Bertz CT molecular complexity index is 529. The summed E-state index contributed by atoms with van der Waals surface area (Å²) < 4.78 is 3.93. The number of aryl methyl sites for hydroxylation is 2. The van der Waals surface area contributed by atoms with E-state index in [-0.39, 0.29) is 0 Å². The molecule has 0 unspecified atom stereocenters. The second-order valence-corrected chi connectivity index (χ2v) is 5.59. The summed E-state index contributed by atoms with van der Waals surface area (Å²) in [4.78, 5) is 8.95. The smallest absolute Gasteiger partial charge is 0.188 e. The first-order chi connectivity index (χ1) is 8.61. The minimum Gasteiger partial charge on any atom is -0.377 e. The molecule has 0 aliphatic heterocycles. The van der Waals surface area contributed by atoms with Gasteiger partial charge in [0.05, 0.1) is 0 Å². The summed E-state index contributed by atoms with van der Waals surface area (Å²) in [6.45, 7) is 6.07. The standard InChI is InChI=1S/C11H15N5S2/c1-6-7(2)13-11(14-8(6)3)17-5-9-10(12-4)18-16-15-9/h12H,5H2,1-4H3. The molecule has 0 atom stereocenters. The molecular weight excluding hydrogens is 266 g/mol. The van der Waals surface area contributed by atoms with E-state index in [1.807, 2.05) is 27.8 Å². The maximum Gasteiger partial charge on any atom is 0.188 e. The van der Waals surface area contributed by atoms with Gasteiger partial charge in [0.15, 0.2) is 5.16 Å². The number of thioether (sulfide) groups is 1. The number of anilines is 1. The van der Waals surface area contributed by atoms with Crippen LogP contribution in [0.2, 0.25) is 0 Å². The molecule has 0 aromatic carbocycles. The Kier molecular flexibility index (Phi) is 4.13. The molecule has 7 heteroatoms. The number of aromatic nitrogens is 4. The Morgan fingerprint density at radius 3 is 2.44 bits per heavy atom. The molecule has 1 N–H and O–H groups in total. The third kappa shape index (κ3) is 2.78. The van der Waals surface area contributed by atoms with E-state index in [1.54, 1.807) is 11.8 Å². The quantitative estimate of drug-likeness (QED) is 0.686. The highest BCUT2D eigenvalue weighted by Crippen LogP contribution is 2.25. The summed E-state index contributed by atoms with van der Waals surface area (Å²) >= 11 is 2.95. The van der Waals surface area contributed by atoms with Crippen LogP contribution < -0.4 is 5.32 Å². The van der Waals surface area contributed by atoms with Gasteiger partial charge in [-0.05, 0) is 26.3 Å². The first-order valence-electron chi connectivity index (χ1n) is 5.55. The van der Waals surface area contributed by atoms with Gasteiger partial charge in [-0.1, -0.05) is 16.3 Å². The number of hydrogen-bond acceptors (Lipinski definition) is 7. The molecule has 0 aliphatic carbocycles. The lowest BCUT2D eigenvalue weighted by Gasteiger charge is -2.06. The fourth-order valence-corrected chi connectivity index (χ4v) is 2.92. The zero-order valence-electron chi connectivity index (χ0n) is 10.8. The monoisotopic (exact) mass is 281 g/mol. The highest BCUT2D eigenvalue weighted by Gasteiger charge is 2.09. The van der Waals surface area contributed by atoms with Gasteiger partial charge < -0.3 is 5.32 Å². The van der Waals surface area contributed by atoms with Crippen molar-refractivity contribution in [3.05, 3.63) is 22.6 Å². The SMILES string of the molecule is CNc1snnc1CSc1nc(C)c(C)c(C)n1. The summed E-state index contributed by atoms with van der Waals surface area (Å²) in [5.74, 6) is 0.731. The van der Waals surface area contributed by atoms with Gasteiger partial charge >= 0.3 is 0 Å². The van der Waals surface area contributed by atoms with Crippen LogP contribution in [-0.4, -0.2) is 26.6 Å². The van der Waals surface area contributed by atoms with Crippen LogP contribution in [0.1, 0.15) is 22.6 Å². The molecule has 0 radical (unpaired) electrons. The molecule has 18 heavy (non-hydrogen) atoms. The maximum atomic E-state index is 4.48. The van der Waals surface area contributed by atoms with Crippen molar-refractivity contribution in [1.82, 2.24) is 19.6 Å². The summed E-state index contributed by atoms with van der Waals surface area (Å²) in [6, 6.07) is 0. The topological polar surface area (TPSA) is 63.6 Å². The van der Waals surface area contributed by atoms with Crippen LogP contribution in [0, 0.1) is 20.8 Å². The molecule has 0 spiro atoms. The minimum absolute atomic E-state index is 0.731. The van der Waals surface area contributed by atoms with Gasteiger partial charge in [-0.2, -0.15) is 0 Å². The van der Waals surface area contributed by atoms with Gasteiger partial charge in [0.2, 0.25) is 0 Å². The molecule has 0 aliphatic rings. The highest BCUT2D eigenvalue weighted by atomic mass is 32.2. The van der Waals surface area contributed by atoms with Gasteiger partial charge in [-0.15, -0.1) is 5.10 Å². The van der Waals surface area contributed by atoms with Crippen molar-refractivity contribution in [2.45, 2.75) is 31.7 Å². The van der Waals surface area contributed by atoms with Gasteiger partial charge in [0, 0.05) is 35.7 Å². The zero-order chi connectivity index (χ0) is 13.1. The first-order valence-corrected chi connectivity index (χ1v) is 7.31. The Morgan fingerprint density at radius 2 is 1.83 bits per heavy atom. The van der Waals surface area contributed by atoms with Crippen molar-refractivity contribution in [1.29, 1.82) is 0 Å². The summed E-state index contributed by atoms with van der Waals surface area (Å²) in [5, 5.41) is 8.98. The molecule has 96 valence electrons. The summed E-state index contributed by atoms with van der Waals surface area (Å²) in [7, 11) is 1.88. The van der Waals surface area contributed by atoms with Crippen LogP contribution in [0.4, 0.5) is 5.00 Å². The number of nitrogens with zero attached hydrogens (tertiary/aromatic N) is 4. The van der Waals surface area contributed by atoms with E-state index >= 15 is 0 Å². The van der Waals surface area contributed by atoms with Crippen molar-refractivity contribution < 1.29 is 0 Å². The molecular formula is C11H15N5S2. The molecule has 2 heterocycles. The molecule has 0 bridgehead atoms. The highest BCUT2D eigenvalue weighted by molar-refractivity contribution is 7.98. The lowest BCUT2D eigenvalue weighted by atomic mass is 10.2. The Morgan fingerprint density at radius 1 is 1.17 bits per heavy atom. The van der Waals surface area contributed by atoms with E-state index in [9.17, 15) is 0 Å². The predicted molar refractivity (Wildman–Crippen MR) is 75.3 cm³/mol. The number of rotatable bonds is 4. The normalized spacial score (nSPS) is 10.7. The van der Waals surface area contributed by atoms with Gasteiger partial charge in [0.1, 0.15) is 10.7 Å². The fraction of sp³-hybridized carbons (Fsp3) is 0.455. The van der Waals surface area contributed by atoms with E-state index in [1.165, 1.54) is 11.5 Å². The van der Waals surface area contributed by atoms with Crippen LogP contribution in [-0.2, 0) is 5.75 Å². The van der Waals surface area contributed by atoms with Crippen molar-refractivity contribution in [2.75, 3.05) is 12.4 Å². The van der Waals surface area contributed by atoms with Crippen molar-refractivity contribution in [2.24, 2.45) is 0 Å². The lowest BCUT2D eigenvalue weighted by Crippen LogP contribution is -1.98. The van der Waals surface area contributed by atoms with E-state index in [0.29, 0.717) is 0 Å². The van der Waals surface area contributed by atoms with E-state index in [0.717, 1.165) is 38.6 Å². The van der Waals surface area contributed by atoms with Crippen LogP contribution >= 0.6 is 23.3 Å². The minimum atomic E-state index is 0.731. The molecule has 2 aromatic heterocycles. The Hall–Kier alpha value is -1.21. The molecule has 0 saturated heterocycles. The second kappa shape index (κ2) is 5.62. The lowest BCUT2D eigenvalue weighted by molar-refractivity contribution is 0.879. The molecule has 2 aromatic rings. The first kappa shape index (κ1) is 13.2. The van der Waals surface area contributed by atoms with Gasteiger partial charge in [-0.3, -0.25) is 0 Å². The van der Waals surface area contributed by atoms with Crippen LogP contribution in [0.3, 0.4) is 0 Å². The van der Waals surface area contributed by atoms with Crippen molar-refractivity contribution in [3.8, 4) is 0 Å². The average molecular weight is 281 g/mol. The second-order valence-electron chi connectivity index (χ2n) is 3.89. The van der Waals surface area contributed by atoms with Crippen LogP contribution in [0.5, 0.6) is 0 Å². The molecule has 2 rings (SSSR count). The average Bonchev–Trinajstić information content (AvgIpc) is 2.80. The largest absolute Gasteiger partial charge is 0.377 e. The van der Waals surface area contributed by atoms with E-state index in [4.69, 9.17) is 0 Å². The molecule has 0 amide bonds. The van der Waals surface area contributed by atoms with Gasteiger partial charge in [0.25, 0.3) is 0 Å². The van der Waals surface area contributed by atoms with E-state index in [2.05, 4.69) is 24.9 Å². The summed E-state index contributed by atoms with van der Waals surface area (Å²) in [6.07, 6.45) is 0. The number of hydrogen-bond donors (Lipinski definition) is 1. The third-order valence-electron chi connectivity index (χ3n) is 2.73. The summed E-state index contributed by atoms with van der Waals surface area (Å²) in [5.41, 5.74) is 4.18. The Balaban J connectivity index is 2.11. The fourth-order valence-electron chi connectivity index (χ4n) is 1.43. The van der Waals surface area contributed by atoms with Crippen LogP contribution in [0.25, 0.3) is 0 Å². The molecule has 0 fully saturated rings. The van der Waals surface area contributed by atoms with E-state index < -0.39 is 0 Å². The third-order valence-corrected chi connectivity index (χ3v) is 4.38.